The first-order valence-corrected chi connectivity index (χ1v) is 6.69. The summed E-state index contributed by atoms with van der Waals surface area (Å²) < 4.78 is 5.05. The number of methoxy groups -OCH3 is 1. The van der Waals surface area contributed by atoms with E-state index in [0.29, 0.717) is 24.3 Å². The van der Waals surface area contributed by atoms with Crippen molar-refractivity contribution in [2.75, 3.05) is 12.4 Å². The number of benzene rings is 1. The average molecular weight is 277 g/mol. The van der Waals surface area contributed by atoms with E-state index in [0.717, 1.165) is 0 Å². The van der Waals surface area contributed by atoms with Crippen LogP contribution in [-0.2, 0) is 9.59 Å². The first-order chi connectivity index (χ1) is 9.51. The molecule has 1 unspecified atom stereocenters. The van der Waals surface area contributed by atoms with Crippen molar-refractivity contribution in [3.8, 4) is 5.75 Å². The van der Waals surface area contributed by atoms with Gasteiger partial charge in [0.05, 0.1) is 18.9 Å². The summed E-state index contributed by atoms with van der Waals surface area (Å²) in [6.07, 6.45) is 1.19. The molecule has 1 aromatic rings. The highest BCUT2D eigenvalue weighted by molar-refractivity contribution is 5.95. The first-order valence-electron chi connectivity index (χ1n) is 6.69. The van der Waals surface area contributed by atoms with Crippen molar-refractivity contribution in [3.05, 3.63) is 24.3 Å². The second-order valence-electron chi connectivity index (χ2n) is 5.35. The van der Waals surface area contributed by atoms with Crippen LogP contribution in [0.25, 0.3) is 0 Å². The summed E-state index contributed by atoms with van der Waals surface area (Å²) >= 11 is 0. The third kappa shape index (κ3) is 3.10. The molecule has 1 amide bonds. The van der Waals surface area contributed by atoms with E-state index in [1.54, 1.807) is 31.4 Å². The molecule has 0 heterocycles. The maximum Gasteiger partial charge on any atom is 0.307 e. The van der Waals surface area contributed by atoms with Crippen molar-refractivity contribution in [3.63, 3.8) is 0 Å². The van der Waals surface area contributed by atoms with Crippen molar-refractivity contribution >= 4 is 17.6 Å². The second-order valence-corrected chi connectivity index (χ2v) is 5.35. The van der Waals surface area contributed by atoms with Crippen LogP contribution < -0.4 is 10.1 Å². The Morgan fingerprint density at radius 2 is 1.80 bits per heavy atom. The lowest BCUT2D eigenvalue weighted by Crippen LogP contribution is -2.29. The molecule has 5 heteroatoms. The Balaban J connectivity index is 2.04. The van der Waals surface area contributed by atoms with Gasteiger partial charge in [-0.25, -0.2) is 0 Å². The fraction of sp³-hybridized carbons (Fsp3) is 0.467. The maximum absolute atomic E-state index is 12.2. The normalized spacial score (nSPS) is 25.2. The number of rotatable bonds is 4. The van der Waals surface area contributed by atoms with Gasteiger partial charge in [-0.05, 0) is 43.0 Å². The summed E-state index contributed by atoms with van der Waals surface area (Å²) in [7, 11) is 1.57. The number of carboxylic acid groups (broad SMARTS) is 1. The standard InChI is InChI=1S/C15H19NO4/c1-9-7-12(13(8-9)15(18)19)14(17)16-10-3-5-11(20-2)6-4-10/h3-6,9,12-13H,7-8H2,1-2H3,(H,16,17)(H,18,19)/t9?,12-,13+/m0/s1. The van der Waals surface area contributed by atoms with E-state index in [9.17, 15) is 14.7 Å². The number of carboxylic acids is 1. The summed E-state index contributed by atoms with van der Waals surface area (Å²) in [4.78, 5) is 23.4. The summed E-state index contributed by atoms with van der Waals surface area (Å²) in [6, 6.07) is 6.99. The lowest BCUT2D eigenvalue weighted by Gasteiger charge is -2.15. The highest BCUT2D eigenvalue weighted by Gasteiger charge is 2.41. The Morgan fingerprint density at radius 3 is 2.35 bits per heavy atom. The van der Waals surface area contributed by atoms with E-state index in [1.807, 2.05) is 6.92 Å². The molecule has 1 fully saturated rings. The molecule has 5 nitrogen and oxygen atoms in total. The molecule has 0 saturated heterocycles. The van der Waals surface area contributed by atoms with E-state index in [1.165, 1.54) is 0 Å². The molecule has 1 aromatic carbocycles. The van der Waals surface area contributed by atoms with Crippen LogP contribution in [0.3, 0.4) is 0 Å². The SMILES string of the molecule is COc1ccc(NC(=O)[C@H]2CC(C)C[C@H]2C(=O)O)cc1. The minimum Gasteiger partial charge on any atom is -0.497 e. The van der Waals surface area contributed by atoms with Crippen molar-refractivity contribution in [2.45, 2.75) is 19.8 Å². The Bertz CT molecular complexity index is 497. The van der Waals surface area contributed by atoms with Crippen LogP contribution in [0.15, 0.2) is 24.3 Å². The van der Waals surface area contributed by atoms with Gasteiger partial charge in [0.2, 0.25) is 5.91 Å². The fourth-order valence-electron chi connectivity index (χ4n) is 2.76. The molecule has 2 rings (SSSR count). The Labute approximate surface area is 117 Å². The Hall–Kier alpha value is -2.04. The molecule has 1 aliphatic rings. The van der Waals surface area contributed by atoms with Crippen LogP contribution in [0, 0.1) is 17.8 Å². The van der Waals surface area contributed by atoms with Gasteiger partial charge in [-0.1, -0.05) is 6.92 Å². The lowest BCUT2D eigenvalue weighted by atomic mass is 9.95. The zero-order chi connectivity index (χ0) is 14.7. The van der Waals surface area contributed by atoms with E-state index in [-0.39, 0.29) is 11.8 Å². The van der Waals surface area contributed by atoms with Gasteiger partial charge in [-0.3, -0.25) is 9.59 Å². The molecular formula is C15H19NO4. The lowest BCUT2D eigenvalue weighted by molar-refractivity contribution is -0.145. The summed E-state index contributed by atoms with van der Waals surface area (Å²) in [6.45, 7) is 1.98. The molecule has 0 bridgehead atoms. The zero-order valence-electron chi connectivity index (χ0n) is 11.6. The van der Waals surface area contributed by atoms with Crippen molar-refractivity contribution in [1.29, 1.82) is 0 Å². The summed E-state index contributed by atoms with van der Waals surface area (Å²) in [5, 5.41) is 12.0. The van der Waals surface area contributed by atoms with Crippen molar-refractivity contribution in [2.24, 2.45) is 17.8 Å². The van der Waals surface area contributed by atoms with Crippen LogP contribution in [0.5, 0.6) is 5.75 Å². The zero-order valence-corrected chi connectivity index (χ0v) is 11.6. The predicted octanol–water partition coefficient (Wildman–Crippen LogP) is 2.38. The largest absolute Gasteiger partial charge is 0.497 e. The topological polar surface area (TPSA) is 75.6 Å². The van der Waals surface area contributed by atoms with E-state index in [2.05, 4.69) is 5.32 Å². The van der Waals surface area contributed by atoms with Gasteiger partial charge in [0, 0.05) is 5.69 Å². The van der Waals surface area contributed by atoms with Crippen molar-refractivity contribution < 1.29 is 19.4 Å². The van der Waals surface area contributed by atoms with Gasteiger partial charge in [-0.15, -0.1) is 0 Å². The average Bonchev–Trinajstić information content (AvgIpc) is 2.82. The predicted molar refractivity (Wildman–Crippen MR) is 74.6 cm³/mol. The van der Waals surface area contributed by atoms with Gasteiger partial charge in [0.1, 0.15) is 5.75 Å². The molecule has 2 N–H and O–H groups in total. The van der Waals surface area contributed by atoms with Crippen LogP contribution in [-0.4, -0.2) is 24.1 Å². The smallest absolute Gasteiger partial charge is 0.307 e. The van der Waals surface area contributed by atoms with Crippen LogP contribution in [0.1, 0.15) is 19.8 Å². The fourth-order valence-corrected chi connectivity index (χ4v) is 2.76. The molecule has 108 valence electrons. The van der Waals surface area contributed by atoms with Gasteiger partial charge in [0.15, 0.2) is 0 Å². The van der Waals surface area contributed by atoms with Gasteiger partial charge in [0.25, 0.3) is 0 Å². The Kier molecular flexibility index (Phi) is 4.27. The number of hydrogen-bond acceptors (Lipinski definition) is 3. The van der Waals surface area contributed by atoms with Gasteiger partial charge in [-0.2, -0.15) is 0 Å². The number of amides is 1. The number of carbonyl (C=O) groups excluding carboxylic acids is 1. The quantitative estimate of drug-likeness (QED) is 0.886. The molecule has 1 saturated carbocycles. The highest BCUT2D eigenvalue weighted by Crippen LogP contribution is 2.37. The van der Waals surface area contributed by atoms with Gasteiger partial charge < -0.3 is 15.2 Å². The third-order valence-electron chi connectivity index (χ3n) is 3.81. The van der Waals surface area contributed by atoms with E-state index >= 15 is 0 Å². The molecule has 0 aliphatic heterocycles. The van der Waals surface area contributed by atoms with Gasteiger partial charge >= 0.3 is 5.97 Å². The number of anilines is 1. The monoisotopic (exact) mass is 277 g/mol. The number of nitrogens with one attached hydrogen (secondary N) is 1. The number of hydrogen-bond donors (Lipinski definition) is 2. The summed E-state index contributed by atoms with van der Waals surface area (Å²) in [5.41, 5.74) is 0.652. The molecule has 0 spiro atoms. The molecular weight excluding hydrogens is 258 g/mol. The number of carbonyl (C=O) groups is 2. The maximum atomic E-state index is 12.2. The molecule has 0 aromatic heterocycles. The van der Waals surface area contributed by atoms with Crippen molar-refractivity contribution in [1.82, 2.24) is 0 Å². The van der Waals surface area contributed by atoms with E-state index in [4.69, 9.17) is 4.74 Å². The van der Waals surface area contributed by atoms with Crippen LogP contribution in [0.2, 0.25) is 0 Å². The molecule has 3 atom stereocenters. The number of aliphatic carboxylic acids is 1. The summed E-state index contributed by atoms with van der Waals surface area (Å²) in [5.74, 6) is -1.16. The molecule has 1 aliphatic carbocycles. The molecule has 0 radical (unpaired) electrons. The van der Waals surface area contributed by atoms with Crippen LogP contribution in [0.4, 0.5) is 5.69 Å². The van der Waals surface area contributed by atoms with Crippen LogP contribution >= 0.6 is 0 Å². The first kappa shape index (κ1) is 14.4. The highest BCUT2D eigenvalue weighted by atomic mass is 16.5. The molecule has 20 heavy (non-hydrogen) atoms. The minimum atomic E-state index is -0.885. The minimum absolute atomic E-state index is 0.216. The Morgan fingerprint density at radius 1 is 1.20 bits per heavy atom. The third-order valence-corrected chi connectivity index (χ3v) is 3.81. The second kappa shape index (κ2) is 5.94. The number of ether oxygens (including phenoxy) is 1. The van der Waals surface area contributed by atoms with E-state index < -0.39 is 17.8 Å².